The molecule has 31 heavy (non-hydrogen) atoms. The lowest BCUT2D eigenvalue weighted by atomic mass is 10.1. The number of hydrogen-bond donors (Lipinski definition) is 0. The number of piperazine rings is 1. The molecule has 162 valence electrons. The molecule has 0 bridgehead atoms. The number of benzene rings is 2. The number of ether oxygens (including phenoxy) is 1. The van der Waals surface area contributed by atoms with Gasteiger partial charge in [-0.1, -0.05) is 24.3 Å². The topological polar surface area (TPSA) is 53.8 Å². The monoisotopic (exact) mass is 419 g/mol. The van der Waals surface area contributed by atoms with Crippen LogP contribution in [0.2, 0.25) is 0 Å². The second kappa shape index (κ2) is 8.32. The third-order valence-corrected chi connectivity index (χ3v) is 6.53. The number of nitrogens with zero attached hydrogens (tertiary/aromatic N) is 5. The Balaban J connectivity index is 1.30. The lowest BCUT2D eigenvalue weighted by Crippen LogP contribution is -2.57. The van der Waals surface area contributed by atoms with E-state index in [4.69, 9.17) is 9.72 Å². The number of para-hydroxylation sites is 2. The first-order valence-corrected chi connectivity index (χ1v) is 11.0. The minimum absolute atomic E-state index is 0.152. The van der Waals surface area contributed by atoms with Crippen molar-refractivity contribution in [1.29, 1.82) is 0 Å². The molecule has 3 heterocycles. The predicted octanol–water partition coefficient (Wildman–Crippen LogP) is 2.22. The first-order valence-electron chi connectivity index (χ1n) is 11.0. The Kier molecular flexibility index (Phi) is 5.38. The van der Waals surface area contributed by atoms with E-state index in [9.17, 15) is 4.79 Å². The number of morpholine rings is 1. The summed E-state index contributed by atoms with van der Waals surface area (Å²) in [6.07, 6.45) is 0. The van der Waals surface area contributed by atoms with Crippen LogP contribution < -0.4 is 4.90 Å². The molecule has 0 aliphatic carbocycles. The van der Waals surface area contributed by atoms with E-state index in [0.717, 1.165) is 55.1 Å². The van der Waals surface area contributed by atoms with Crippen molar-refractivity contribution in [2.45, 2.75) is 6.04 Å². The molecule has 2 aliphatic heterocycles. The summed E-state index contributed by atoms with van der Waals surface area (Å²) in [6.45, 7) is 5.14. The van der Waals surface area contributed by atoms with Crippen molar-refractivity contribution in [2.75, 3.05) is 57.9 Å². The maximum absolute atomic E-state index is 12.9. The van der Waals surface area contributed by atoms with Crippen molar-refractivity contribution >= 4 is 22.6 Å². The number of aromatic nitrogens is 2. The van der Waals surface area contributed by atoms with Gasteiger partial charge in [-0.2, -0.15) is 0 Å². The van der Waals surface area contributed by atoms with Gasteiger partial charge in [-0.25, -0.2) is 4.98 Å². The van der Waals surface area contributed by atoms with Crippen LogP contribution in [-0.4, -0.2) is 84.3 Å². The SMILES string of the molecule is CN1CCOCC1C(=O)N1CCN(c2cccc(-c3nc4ccccc4n3C)c2)CC1. The van der Waals surface area contributed by atoms with E-state index in [1.165, 1.54) is 5.69 Å². The number of fused-ring (bicyclic) bond motifs is 1. The van der Waals surface area contributed by atoms with Gasteiger partial charge in [-0.05, 0) is 31.3 Å². The molecule has 7 heteroatoms. The summed E-state index contributed by atoms with van der Waals surface area (Å²) in [5.74, 6) is 1.16. The Morgan fingerprint density at radius 3 is 2.58 bits per heavy atom. The molecule has 1 atom stereocenters. The van der Waals surface area contributed by atoms with E-state index in [0.29, 0.717) is 13.2 Å². The number of amides is 1. The Morgan fingerprint density at radius 2 is 1.81 bits per heavy atom. The van der Waals surface area contributed by atoms with E-state index < -0.39 is 0 Å². The Labute approximate surface area is 182 Å². The minimum Gasteiger partial charge on any atom is -0.378 e. The van der Waals surface area contributed by atoms with Gasteiger partial charge in [-0.3, -0.25) is 9.69 Å². The quantitative estimate of drug-likeness (QED) is 0.652. The van der Waals surface area contributed by atoms with Crippen molar-refractivity contribution in [1.82, 2.24) is 19.4 Å². The smallest absolute Gasteiger partial charge is 0.242 e. The summed E-state index contributed by atoms with van der Waals surface area (Å²) in [5, 5.41) is 0. The van der Waals surface area contributed by atoms with Gasteiger partial charge < -0.3 is 19.1 Å². The summed E-state index contributed by atoms with van der Waals surface area (Å²) >= 11 is 0. The summed E-state index contributed by atoms with van der Waals surface area (Å²) < 4.78 is 7.68. The molecule has 1 amide bonds. The second-order valence-electron chi connectivity index (χ2n) is 8.42. The fraction of sp³-hybridized carbons (Fsp3) is 0.417. The van der Waals surface area contributed by atoms with Crippen LogP contribution in [-0.2, 0) is 16.6 Å². The molecule has 7 nitrogen and oxygen atoms in total. The maximum Gasteiger partial charge on any atom is 0.242 e. The molecule has 1 unspecified atom stereocenters. The van der Waals surface area contributed by atoms with Gasteiger partial charge in [0.15, 0.2) is 0 Å². The van der Waals surface area contributed by atoms with Crippen LogP contribution in [0.1, 0.15) is 0 Å². The summed E-state index contributed by atoms with van der Waals surface area (Å²) in [5.41, 5.74) is 4.42. The molecule has 0 N–H and O–H groups in total. The summed E-state index contributed by atoms with van der Waals surface area (Å²) in [7, 11) is 4.07. The normalized spacial score (nSPS) is 20.4. The molecular weight excluding hydrogens is 390 g/mol. The van der Waals surface area contributed by atoms with Gasteiger partial charge in [-0.15, -0.1) is 0 Å². The summed E-state index contributed by atoms with van der Waals surface area (Å²) in [4.78, 5) is 24.2. The fourth-order valence-corrected chi connectivity index (χ4v) is 4.59. The Hall–Kier alpha value is -2.90. The first-order chi connectivity index (χ1) is 15.1. The van der Waals surface area contributed by atoms with E-state index in [-0.39, 0.29) is 11.9 Å². The summed E-state index contributed by atoms with van der Waals surface area (Å²) in [6, 6.07) is 16.6. The number of anilines is 1. The van der Waals surface area contributed by atoms with Crippen LogP contribution >= 0.6 is 0 Å². The molecule has 0 saturated carbocycles. The van der Waals surface area contributed by atoms with E-state index in [1.807, 2.05) is 30.1 Å². The number of likely N-dealkylation sites (N-methyl/N-ethyl adjacent to an activating group) is 1. The highest BCUT2D eigenvalue weighted by atomic mass is 16.5. The third kappa shape index (κ3) is 3.79. The van der Waals surface area contributed by atoms with Gasteiger partial charge in [0.25, 0.3) is 0 Å². The number of imidazole rings is 1. The Morgan fingerprint density at radius 1 is 1.00 bits per heavy atom. The average Bonchev–Trinajstić information content (AvgIpc) is 3.16. The third-order valence-electron chi connectivity index (χ3n) is 6.53. The van der Waals surface area contributed by atoms with Crippen LogP contribution in [0.25, 0.3) is 22.4 Å². The van der Waals surface area contributed by atoms with Gasteiger partial charge >= 0.3 is 0 Å². The molecule has 1 aromatic heterocycles. The largest absolute Gasteiger partial charge is 0.378 e. The lowest BCUT2D eigenvalue weighted by molar-refractivity contribution is -0.142. The highest BCUT2D eigenvalue weighted by molar-refractivity contribution is 5.83. The van der Waals surface area contributed by atoms with Crippen LogP contribution in [0.4, 0.5) is 5.69 Å². The molecule has 0 radical (unpaired) electrons. The second-order valence-corrected chi connectivity index (χ2v) is 8.42. The molecule has 2 saturated heterocycles. The number of rotatable bonds is 3. The first kappa shape index (κ1) is 20.0. The van der Waals surface area contributed by atoms with Gasteiger partial charge in [0.2, 0.25) is 5.91 Å². The van der Waals surface area contributed by atoms with Gasteiger partial charge in [0.05, 0.1) is 24.2 Å². The molecule has 2 fully saturated rings. The highest BCUT2D eigenvalue weighted by Crippen LogP contribution is 2.27. The van der Waals surface area contributed by atoms with Crippen molar-refractivity contribution in [3.63, 3.8) is 0 Å². The molecule has 2 aromatic carbocycles. The fourth-order valence-electron chi connectivity index (χ4n) is 4.59. The van der Waals surface area contributed by atoms with Crippen LogP contribution in [0.5, 0.6) is 0 Å². The molecule has 0 spiro atoms. The van der Waals surface area contributed by atoms with Crippen molar-refractivity contribution in [3.05, 3.63) is 48.5 Å². The van der Waals surface area contributed by atoms with Crippen LogP contribution in [0, 0.1) is 0 Å². The number of carbonyl (C=O) groups excluding carboxylic acids is 1. The number of carbonyl (C=O) groups is 1. The molecule has 2 aliphatic rings. The predicted molar refractivity (Wildman–Crippen MR) is 122 cm³/mol. The van der Waals surface area contributed by atoms with Crippen LogP contribution in [0.15, 0.2) is 48.5 Å². The van der Waals surface area contributed by atoms with Crippen molar-refractivity contribution < 1.29 is 9.53 Å². The maximum atomic E-state index is 12.9. The zero-order valence-electron chi connectivity index (χ0n) is 18.2. The zero-order chi connectivity index (χ0) is 21.4. The van der Waals surface area contributed by atoms with E-state index in [2.05, 4.69) is 51.7 Å². The Bertz CT molecular complexity index is 1090. The van der Waals surface area contributed by atoms with Crippen LogP contribution in [0.3, 0.4) is 0 Å². The van der Waals surface area contributed by atoms with E-state index in [1.54, 1.807) is 0 Å². The van der Waals surface area contributed by atoms with Crippen molar-refractivity contribution in [3.8, 4) is 11.4 Å². The highest BCUT2D eigenvalue weighted by Gasteiger charge is 2.32. The zero-order valence-corrected chi connectivity index (χ0v) is 18.2. The minimum atomic E-state index is -0.152. The molecule has 5 rings (SSSR count). The lowest BCUT2D eigenvalue weighted by Gasteiger charge is -2.40. The van der Waals surface area contributed by atoms with Crippen molar-refractivity contribution in [2.24, 2.45) is 7.05 Å². The number of hydrogen-bond acceptors (Lipinski definition) is 5. The van der Waals surface area contributed by atoms with Gasteiger partial charge in [0.1, 0.15) is 11.9 Å². The molecule has 3 aromatic rings. The number of aryl methyl sites for hydroxylation is 1. The average molecular weight is 420 g/mol. The van der Waals surface area contributed by atoms with Gasteiger partial charge in [0, 0.05) is 51.0 Å². The molecular formula is C24H29N5O2. The van der Waals surface area contributed by atoms with E-state index >= 15 is 0 Å². The standard InChI is InChI=1S/C24H29N5O2/c1-26-14-15-31-17-22(26)24(30)29-12-10-28(11-13-29)19-7-5-6-18(16-19)23-25-20-8-3-4-9-21(20)27(23)2/h3-9,16,22H,10-15,17H2,1-2H3.